The van der Waals surface area contributed by atoms with E-state index in [2.05, 4.69) is 0 Å². The number of benzene rings is 3. The second kappa shape index (κ2) is 4.90. The van der Waals surface area contributed by atoms with Crippen molar-refractivity contribution >= 4 is 33.2 Å². The summed E-state index contributed by atoms with van der Waals surface area (Å²) >= 11 is 0. The highest BCUT2D eigenvalue weighted by Gasteiger charge is 2.36. The normalized spacial score (nSPS) is 13.3. The molecule has 0 saturated carbocycles. The topological polar surface area (TPSA) is 39.1 Å². The summed E-state index contributed by atoms with van der Waals surface area (Å²) in [7, 11) is 0. The van der Waals surface area contributed by atoms with Crippen molar-refractivity contribution in [3.8, 4) is 0 Å². The van der Waals surface area contributed by atoms with Gasteiger partial charge < -0.3 is 4.57 Å². The lowest BCUT2D eigenvalue weighted by Gasteiger charge is -2.18. The zero-order valence-corrected chi connectivity index (χ0v) is 13.7. The molecule has 0 saturated heterocycles. The van der Waals surface area contributed by atoms with E-state index >= 15 is 0 Å². The molecule has 0 bridgehead atoms. The first kappa shape index (κ1) is 14.2. The lowest BCUT2D eigenvalue weighted by atomic mass is 9.84. The van der Waals surface area contributed by atoms with Crippen LogP contribution in [-0.2, 0) is 6.54 Å². The average molecular weight is 325 g/mol. The Labute approximate surface area is 144 Å². The maximum absolute atomic E-state index is 13.4. The number of para-hydroxylation sites is 1. The largest absolute Gasteiger partial charge is 0.337 e. The summed E-state index contributed by atoms with van der Waals surface area (Å²) in [6.07, 6.45) is 0. The Kier molecular flexibility index (Phi) is 2.78. The van der Waals surface area contributed by atoms with Crippen LogP contribution >= 0.6 is 0 Å². The average Bonchev–Trinajstić information content (AvgIpc) is 3.00. The molecule has 1 heterocycles. The second-order valence-electron chi connectivity index (χ2n) is 6.35. The maximum Gasteiger partial charge on any atom is 0.211 e. The van der Waals surface area contributed by atoms with Gasteiger partial charge in [0, 0.05) is 28.6 Å². The molecule has 0 amide bonds. The molecule has 3 nitrogen and oxygen atoms in total. The number of aromatic nitrogens is 1. The van der Waals surface area contributed by atoms with Gasteiger partial charge in [0.15, 0.2) is 5.78 Å². The quantitative estimate of drug-likeness (QED) is 0.452. The van der Waals surface area contributed by atoms with Crippen LogP contribution in [0.2, 0.25) is 0 Å². The number of nitrogens with zero attached hydrogens (tertiary/aromatic N) is 1. The Balaban J connectivity index is 1.95. The summed E-state index contributed by atoms with van der Waals surface area (Å²) in [5.41, 5.74) is 3.06. The molecule has 0 N–H and O–H groups in total. The molecule has 1 aliphatic carbocycles. The maximum atomic E-state index is 13.4. The highest BCUT2D eigenvalue weighted by atomic mass is 16.1. The first-order valence-electron chi connectivity index (χ1n) is 8.44. The Morgan fingerprint density at radius 1 is 0.760 bits per heavy atom. The zero-order valence-electron chi connectivity index (χ0n) is 13.7. The minimum absolute atomic E-state index is 0.0561. The molecular weight excluding hydrogens is 310 g/mol. The molecule has 0 fully saturated rings. The standard InChI is InChI=1S/C22H15NO2/c1-2-23-17-10-6-5-9-15(17)19-20(23)22(25)18-14-8-4-3-7-13(14)11-12-16(18)21(19)24/h3-12H,2H2,1H3. The summed E-state index contributed by atoms with van der Waals surface area (Å²) in [5, 5.41) is 2.68. The molecule has 3 aromatic carbocycles. The van der Waals surface area contributed by atoms with E-state index in [1.807, 2.05) is 66.1 Å². The van der Waals surface area contributed by atoms with Gasteiger partial charge in [-0.15, -0.1) is 0 Å². The van der Waals surface area contributed by atoms with E-state index in [9.17, 15) is 9.59 Å². The summed E-state index contributed by atoms with van der Waals surface area (Å²) in [6.45, 7) is 2.65. The third kappa shape index (κ3) is 1.70. The third-order valence-electron chi connectivity index (χ3n) is 5.13. The minimum Gasteiger partial charge on any atom is -0.337 e. The van der Waals surface area contributed by atoms with Gasteiger partial charge in [0.05, 0.1) is 5.56 Å². The van der Waals surface area contributed by atoms with Crippen molar-refractivity contribution in [1.29, 1.82) is 0 Å². The van der Waals surface area contributed by atoms with Gasteiger partial charge in [0.25, 0.3) is 0 Å². The van der Waals surface area contributed by atoms with Crippen LogP contribution in [0.15, 0.2) is 60.7 Å². The molecule has 0 spiro atoms. The lowest BCUT2D eigenvalue weighted by Crippen LogP contribution is -2.23. The number of hydrogen-bond acceptors (Lipinski definition) is 2. The third-order valence-corrected chi connectivity index (χ3v) is 5.13. The van der Waals surface area contributed by atoms with Crippen molar-refractivity contribution < 1.29 is 9.59 Å². The Morgan fingerprint density at radius 3 is 2.28 bits per heavy atom. The van der Waals surface area contributed by atoms with E-state index in [1.54, 1.807) is 6.07 Å². The fourth-order valence-electron chi connectivity index (χ4n) is 4.06. The predicted octanol–water partition coefficient (Wildman–Crippen LogP) is 4.59. The van der Waals surface area contributed by atoms with Crippen LogP contribution in [0.4, 0.5) is 0 Å². The van der Waals surface area contributed by atoms with Gasteiger partial charge in [0.1, 0.15) is 5.69 Å². The van der Waals surface area contributed by atoms with Crippen molar-refractivity contribution in [3.05, 3.63) is 83.0 Å². The summed E-state index contributed by atoms with van der Waals surface area (Å²) in [5.74, 6) is -0.113. The number of aryl methyl sites for hydroxylation is 1. The van der Waals surface area contributed by atoms with E-state index in [4.69, 9.17) is 0 Å². The number of carbonyl (C=O) groups is 2. The van der Waals surface area contributed by atoms with Gasteiger partial charge in [-0.2, -0.15) is 0 Å². The van der Waals surface area contributed by atoms with Gasteiger partial charge in [-0.05, 0) is 29.8 Å². The summed E-state index contributed by atoms with van der Waals surface area (Å²) < 4.78 is 1.97. The Morgan fingerprint density at radius 2 is 1.48 bits per heavy atom. The molecule has 3 heteroatoms. The van der Waals surface area contributed by atoms with Crippen molar-refractivity contribution in [3.63, 3.8) is 0 Å². The highest BCUT2D eigenvalue weighted by molar-refractivity contribution is 6.35. The van der Waals surface area contributed by atoms with Crippen molar-refractivity contribution in [2.24, 2.45) is 0 Å². The number of rotatable bonds is 1. The van der Waals surface area contributed by atoms with E-state index in [0.717, 1.165) is 21.7 Å². The Hall–Kier alpha value is -3.20. The van der Waals surface area contributed by atoms with Crippen LogP contribution in [0.1, 0.15) is 38.9 Å². The van der Waals surface area contributed by atoms with E-state index in [1.165, 1.54) is 0 Å². The van der Waals surface area contributed by atoms with E-state index in [0.29, 0.717) is 28.9 Å². The molecule has 1 aliphatic rings. The molecule has 5 rings (SSSR count). The molecule has 25 heavy (non-hydrogen) atoms. The fraction of sp³-hybridized carbons (Fsp3) is 0.0909. The monoisotopic (exact) mass is 325 g/mol. The summed E-state index contributed by atoms with van der Waals surface area (Å²) in [6, 6.07) is 19.2. The number of ketones is 2. The predicted molar refractivity (Wildman–Crippen MR) is 98.4 cm³/mol. The first-order chi connectivity index (χ1) is 12.2. The molecule has 4 aromatic rings. The van der Waals surface area contributed by atoms with Gasteiger partial charge in [-0.1, -0.05) is 48.5 Å². The second-order valence-corrected chi connectivity index (χ2v) is 6.35. The molecule has 1 aromatic heterocycles. The molecule has 120 valence electrons. The van der Waals surface area contributed by atoms with Crippen LogP contribution in [0.3, 0.4) is 0 Å². The fourth-order valence-corrected chi connectivity index (χ4v) is 4.06. The molecule has 0 unspecified atom stereocenters. The smallest absolute Gasteiger partial charge is 0.211 e. The summed E-state index contributed by atoms with van der Waals surface area (Å²) in [4.78, 5) is 26.7. The van der Waals surface area contributed by atoms with Gasteiger partial charge >= 0.3 is 0 Å². The van der Waals surface area contributed by atoms with Crippen LogP contribution < -0.4 is 0 Å². The van der Waals surface area contributed by atoms with Gasteiger partial charge in [-0.3, -0.25) is 9.59 Å². The molecular formula is C22H15NO2. The van der Waals surface area contributed by atoms with E-state index < -0.39 is 0 Å². The van der Waals surface area contributed by atoms with Gasteiger partial charge in [0.2, 0.25) is 5.78 Å². The van der Waals surface area contributed by atoms with Crippen LogP contribution in [0.5, 0.6) is 0 Å². The minimum atomic E-state index is -0.0567. The number of hydrogen-bond donors (Lipinski definition) is 0. The van der Waals surface area contributed by atoms with Gasteiger partial charge in [-0.25, -0.2) is 0 Å². The van der Waals surface area contributed by atoms with Crippen LogP contribution in [0, 0.1) is 0 Å². The molecule has 0 atom stereocenters. The zero-order chi connectivity index (χ0) is 17.1. The van der Waals surface area contributed by atoms with Crippen molar-refractivity contribution in [2.45, 2.75) is 13.5 Å². The first-order valence-corrected chi connectivity index (χ1v) is 8.44. The van der Waals surface area contributed by atoms with Crippen molar-refractivity contribution in [1.82, 2.24) is 4.57 Å². The number of fused-ring (bicyclic) bond motifs is 6. The number of carbonyl (C=O) groups excluding carboxylic acids is 2. The Bertz CT molecular complexity index is 1210. The SMILES string of the molecule is CCn1c2c(c3ccccc31)C(=O)c1ccc3ccccc3c1C2=O. The van der Waals surface area contributed by atoms with Crippen molar-refractivity contribution in [2.75, 3.05) is 0 Å². The molecule has 0 radical (unpaired) electrons. The molecule has 0 aliphatic heterocycles. The van der Waals surface area contributed by atoms with Crippen LogP contribution in [0.25, 0.3) is 21.7 Å². The van der Waals surface area contributed by atoms with Crippen LogP contribution in [-0.4, -0.2) is 16.1 Å². The van der Waals surface area contributed by atoms with E-state index in [-0.39, 0.29) is 11.6 Å². The highest BCUT2D eigenvalue weighted by Crippen LogP contribution is 2.37. The lowest BCUT2D eigenvalue weighted by molar-refractivity contribution is 0.0976.